The van der Waals surface area contributed by atoms with E-state index < -0.39 is 0 Å². The summed E-state index contributed by atoms with van der Waals surface area (Å²) >= 11 is 0. The van der Waals surface area contributed by atoms with Crippen LogP contribution in [0.5, 0.6) is 0 Å². The lowest BCUT2D eigenvalue weighted by atomic mass is 10.1. The molecule has 150 valence electrons. The second kappa shape index (κ2) is 10.9. The van der Waals surface area contributed by atoms with Gasteiger partial charge in [-0.2, -0.15) is 0 Å². The number of nitrogens with zero attached hydrogens (tertiary/aromatic N) is 3. The normalized spacial score (nSPS) is 16.6. The molecule has 0 bridgehead atoms. The van der Waals surface area contributed by atoms with Gasteiger partial charge in [-0.05, 0) is 37.0 Å². The molecule has 5 nitrogen and oxygen atoms in total. The van der Waals surface area contributed by atoms with E-state index in [4.69, 9.17) is 0 Å². The topological polar surface area (TPSA) is 48.5 Å². The van der Waals surface area contributed by atoms with E-state index in [0.717, 1.165) is 52.1 Å². The number of hydrogen-bond donors (Lipinski definition) is 1. The Morgan fingerprint density at radius 2 is 1.75 bits per heavy atom. The predicted octanol–water partition coefficient (Wildman–Crippen LogP) is 2.73. The molecule has 1 aromatic carbocycles. The van der Waals surface area contributed by atoms with Crippen LogP contribution in [-0.4, -0.2) is 59.5 Å². The maximum atomic E-state index is 12.2. The molecule has 1 unspecified atom stereocenters. The molecule has 1 fully saturated rings. The molecule has 1 aliphatic rings. The van der Waals surface area contributed by atoms with Crippen LogP contribution in [0.1, 0.15) is 30.9 Å². The van der Waals surface area contributed by atoms with E-state index in [0.29, 0.717) is 6.42 Å². The van der Waals surface area contributed by atoms with Gasteiger partial charge in [-0.1, -0.05) is 36.4 Å². The summed E-state index contributed by atoms with van der Waals surface area (Å²) in [4.78, 5) is 21.3. The summed E-state index contributed by atoms with van der Waals surface area (Å²) in [6.07, 6.45) is 5.99. The number of aryl methyl sites for hydroxylation is 1. The van der Waals surface area contributed by atoms with Gasteiger partial charge >= 0.3 is 0 Å². The van der Waals surface area contributed by atoms with Crippen LogP contribution in [0.2, 0.25) is 0 Å². The SMILES string of the molecule is CC(CN1CCN(Cc2ccccc2)CC1)NC(=O)CCCc1cccnc1. The maximum absolute atomic E-state index is 12.2. The highest BCUT2D eigenvalue weighted by atomic mass is 16.1. The minimum atomic E-state index is 0.152. The van der Waals surface area contributed by atoms with E-state index in [1.165, 1.54) is 11.1 Å². The minimum Gasteiger partial charge on any atom is -0.352 e. The third kappa shape index (κ3) is 7.06. The molecule has 1 aliphatic heterocycles. The molecular weight excluding hydrogens is 348 g/mol. The van der Waals surface area contributed by atoms with Crippen molar-refractivity contribution < 1.29 is 4.79 Å². The number of hydrogen-bond acceptors (Lipinski definition) is 4. The summed E-state index contributed by atoms with van der Waals surface area (Å²) in [6.45, 7) is 8.35. The van der Waals surface area contributed by atoms with Gasteiger partial charge in [0.15, 0.2) is 0 Å². The summed E-state index contributed by atoms with van der Waals surface area (Å²) in [5.74, 6) is 0.152. The first-order chi connectivity index (χ1) is 13.7. The molecule has 5 heteroatoms. The van der Waals surface area contributed by atoms with Crippen LogP contribution in [0.4, 0.5) is 0 Å². The summed E-state index contributed by atoms with van der Waals surface area (Å²) in [6, 6.07) is 14.8. The molecule has 1 amide bonds. The highest BCUT2D eigenvalue weighted by Gasteiger charge is 2.19. The first-order valence-electron chi connectivity index (χ1n) is 10.4. The average Bonchev–Trinajstić information content (AvgIpc) is 2.71. The van der Waals surface area contributed by atoms with Crippen LogP contribution in [0.25, 0.3) is 0 Å². The molecule has 0 saturated carbocycles. The number of carbonyl (C=O) groups is 1. The molecule has 28 heavy (non-hydrogen) atoms. The Labute approximate surface area is 168 Å². The van der Waals surface area contributed by atoms with Gasteiger partial charge < -0.3 is 5.32 Å². The Hall–Kier alpha value is -2.24. The average molecular weight is 381 g/mol. The van der Waals surface area contributed by atoms with Crippen LogP contribution in [0, 0.1) is 0 Å². The van der Waals surface area contributed by atoms with Crippen LogP contribution in [-0.2, 0) is 17.8 Å². The zero-order valence-electron chi connectivity index (χ0n) is 16.9. The van der Waals surface area contributed by atoms with Crippen molar-refractivity contribution in [3.05, 3.63) is 66.0 Å². The third-order valence-corrected chi connectivity index (χ3v) is 5.25. The van der Waals surface area contributed by atoms with Gasteiger partial charge in [-0.3, -0.25) is 19.6 Å². The van der Waals surface area contributed by atoms with Crippen molar-refractivity contribution in [3.8, 4) is 0 Å². The fraction of sp³-hybridized carbons (Fsp3) is 0.478. The van der Waals surface area contributed by atoms with E-state index in [1.807, 2.05) is 12.3 Å². The first kappa shape index (κ1) is 20.5. The largest absolute Gasteiger partial charge is 0.352 e. The first-order valence-corrected chi connectivity index (χ1v) is 10.4. The number of piperazine rings is 1. The molecule has 2 aromatic rings. The lowest BCUT2D eigenvalue weighted by Crippen LogP contribution is -2.50. The van der Waals surface area contributed by atoms with Gasteiger partial charge in [-0.25, -0.2) is 0 Å². The molecular formula is C23H32N4O. The van der Waals surface area contributed by atoms with E-state index in [9.17, 15) is 4.79 Å². The standard InChI is InChI=1S/C23H32N4O/c1-20(25-23(28)11-5-9-21-10-6-12-24-17-21)18-26-13-15-27(16-14-26)19-22-7-3-2-4-8-22/h2-4,6-8,10,12,17,20H,5,9,11,13-16,18-19H2,1H3,(H,25,28). The molecule has 1 saturated heterocycles. The summed E-state index contributed by atoms with van der Waals surface area (Å²) in [5, 5.41) is 3.15. The van der Waals surface area contributed by atoms with E-state index in [-0.39, 0.29) is 11.9 Å². The predicted molar refractivity (Wildman–Crippen MR) is 113 cm³/mol. The van der Waals surface area contributed by atoms with Gasteiger partial charge in [0, 0.05) is 64.1 Å². The van der Waals surface area contributed by atoms with E-state index in [1.54, 1.807) is 6.20 Å². The number of benzene rings is 1. The number of carbonyl (C=O) groups excluding carboxylic acids is 1. The Balaban J connectivity index is 1.29. The summed E-state index contributed by atoms with van der Waals surface area (Å²) in [7, 11) is 0. The van der Waals surface area contributed by atoms with E-state index >= 15 is 0 Å². The fourth-order valence-electron chi connectivity index (χ4n) is 3.75. The van der Waals surface area contributed by atoms with Crippen molar-refractivity contribution in [2.45, 2.75) is 38.8 Å². The molecule has 3 rings (SSSR count). The zero-order valence-corrected chi connectivity index (χ0v) is 16.9. The lowest BCUT2D eigenvalue weighted by molar-refractivity contribution is -0.121. The highest BCUT2D eigenvalue weighted by molar-refractivity contribution is 5.76. The van der Waals surface area contributed by atoms with Gasteiger partial charge in [0.05, 0.1) is 0 Å². The molecule has 0 spiro atoms. The Morgan fingerprint density at radius 3 is 2.46 bits per heavy atom. The molecule has 1 N–H and O–H groups in total. The van der Waals surface area contributed by atoms with Crippen molar-refractivity contribution >= 4 is 5.91 Å². The second-order valence-corrected chi connectivity index (χ2v) is 7.75. The number of amides is 1. The number of nitrogens with one attached hydrogen (secondary N) is 1. The summed E-state index contributed by atoms with van der Waals surface area (Å²) in [5.41, 5.74) is 2.57. The van der Waals surface area contributed by atoms with Crippen molar-refractivity contribution in [1.82, 2.24) is 20.1 Å². The molecule has 2 heterocycles. The van der Waals surface area contributed by atoms with Crippen molar-refractivity contribution in [3.63, 3.8) is 0 Å². The highest BCUT2D eigenvalue weighted by Crippen LogP contribution is 2.09. The quantitative estimate of drug-likeness (QED) is 0.727. The number of aromatic nitrogens is 1. The van der Waals surface area contributed by atoms with Gasteiger partial charge in [-0.15, -0.1) is 0 Å². The zero-order chi connectivity index (χ0) is 19.6. The number of rotatable bonds is 9. The molecule has 0 radical (unpaired) electrons. The smallest absolute Gasteiger partial charge is 0.220 e. The number of pyridine rings is 1. The maximum Gasteiger partial charge on any atom is 0.220 e. The van der Waals surface area contributed by atoms with Crippen LogP contribution >= 0.6 is 0 Å². The van der Waals surface area contributed by atoms with Gasteiger partial charge in [0.1, 0.15) is 0 Å². The monoisotopic (exact) mass is 380 g/mol. The second-order valence-electron chi connectivity index (χ2n) is 7.75. The molecule has 0 aliphatic carbocycles. The Bertz CT molecular complexity index is 699. The van der Waals surface area contributed by atoms with Crippen LogP contribution in [0.15, 0.2) is 54.9 Å². The van der Waals surface area contributed by atoms with E-state index in [2.05, 4.69) is 63.4 Å². The van der Waals surface area contributed by atoms with Crippen molar-refractivity contribution in [1.29, 1.82) is 0 Å². The van der Waals surface area contributed by atoms with Gasteiger partial charge in [0.2, 0.25) is 5.91 Å². The Kier molecular flexibility index (Phi) is 8.00. The third-order valence-electron chi connectivity index (χ3n) is 5.25. The summed E-state index contributed by atoms with van der Waals surface area (Å²) < 4.78 is 0. The lowest BCUT2D eigenvalue weighted by Gasteiger charge is -2.36. The van der Waals surface area contributed by atoms with Crippen LogP contribution in [0.3, 0.4) is 0 Å². The van der Waals surface area contributed by atoms with Crippen molar-refractivity contribution in [2.75, 3.05) is 32.7 Å². The Morgan fingerprint density at radius 1 is 1.04 bits per heavy atom. The van der Waals surface area contributed by atoms with Gasteiger partial charge in [0.25, 0.3) is 0 Å². The van der Waals surface area contributed by atoms with Crippen molar-refractivity contribution in [2.24, 2.45) is 0 Å². The molecule has 1 aromatic heterocycles. The minimum absolute atomic E-state index is 0.152. The fourth-order valence-corrected chi connectivity index (χ4v) is 3.75. The van der Waals surface area contributed by atoms with Crippen LogP contribution < -0.4 is 5.32 Å². The molecule has 1 atom stereocenters.